The summed E-state index contributed by atoms with van der Waals surface area (Å²) in [5.41, 5.74) is 2.50. The molecule has 0 radical (unpaired) electrons. The number of fused-ring (bicyclic) bond motifs is 1. The molecule has 128 valence electrons. The fraction of sp³-hybridized carbons (Fsp3) is 0.0588. The van der Waals surface area contributed by atoms with E-state index < -0.39 is 17.6 Å². The van der Waals surface area contributed by atoms with Crippen LogP contribution < -0.4 is 5.43 Å². The van der Waals surface area contributed by atoms with E-state index in [4.69, 9.17) is 4.42 Å². The monoisotopic (exact) mass is 410 g/mol. The van der Waals surface area contributed by atoms with Crippen molar-refractivity contribution in [1.29, 1.82) is 0 Å². The Morgan fingerprint density at radius 1 is 1.12 bits per heavy atom. The van der Waals surface area contributed by atoms with Crippen molar-refractivity contribution in [3.63, 3.8) is 0 Å². The zero-order chi connectivity index (χ0) is 18.0. The van der Waals surface area contributed by atoms with Gasteiger partial charge in [-0.15, -0.1) is 0 Å². The third kappa shape index (κ3) is 4.08. The normalized spacial score (nSPS) is 12.0. The molecule has 0 fully saturated rings. The molecule has 0 aliphatic carbocycles. The van der Waals surface area contributed by atoms with Crippen molar-refractivity contribution in [1.82, 2.24) is 5.43 Å². The van der Waals surface area contributed by atoms with Gasteiger partial charge in [-0.3, -0.25) is 4.79 Å². The Balaban J connectivity index is 1.67. The highest BCUT2D eigenvalue weighted by Gasteiger charge is 2.29. The molecule has 8 heteroatoms. The van der Waals surface area contributed by atoms with E-state index in [0.29, 0.717) is 11.1 Å². The molecule has 3 rings (SSSR count). The molecule has 0 unspecified atom stereocenters. The molecule has 0 spiro atoms. The predicted octanol–water partition coefficient (Wildman–Crippen LogP) is 4.98. The van der Waals surface area contributed by atoms with E-state index in [2.05, 4.69) is 26.5 Å². The molecule has 1 heterocycles. The second-order valence-electron chi connectivity index (χ2n) is 5.11. The summed E-state index contributed by atoms with van der Waals surface area (Å²) in [5, 5.41) is 4.48. The summed E-state index contributed by atoms with van der Waals surface area (Å²) >= 11 is 3.33. The SMILES string of the molecule is O=C(N/N=C/c1ccc(C(F)(F)F)cc1)c1cc2cc(Br)ccc2o1. The zero-order valence-electron chi connectivity index (χ0n) is 12.5. The number of carbonyl (C=O) groups is 1. The number of alkyl halides is 3. The van der Waals surface area contributed by atoms with Crippen LogP contribution in [0, 0.1) is 0 Å². The highest BCUT2D eigenvalue weighted by molar-refractivity contribution is 9.10. The lowest BCUT2D eigenvalue weighted by Gasteiger charge is -2.05. The van der Waals surface area contributed by atoms with Crippen molar-refractivity contribution >= 4 is 39.0 Å². The molecule has 1 amide bonds. The Hall–Kier alpha value is -2.61. The van der Waals surface area contributed by atoms with Gasteiger partial charge in [0.05, 0.1) is 11.8 Å². The number of hydrazone groups is 1. The molecule has 1 N–H and O–H groups in total. The van der Waals surface area contributed by atoms with Gasteiger partial charge in [0.25, 0.3) is 0 Å². The second-order valence-corrected chi connectivity index (χ2v) is 6.03. The lowest BCUT2D eigenvalue weighted by molar-refractivity contribution is -0.137. The topological polar surface area (TPSA) is 54.6 Å². The third-order valence-electron chi connectivity index (χ3n) is 3.32. The van der Waals surface area contributed by atoms with Crippen molar-refractivity contribution in [2.75, 3.05) is 0 Å². The first-order valence-corrected chi connectivity index (χ1v) is 7.82. The number of carbonyl (C=O) groups excluding carboxylic acids is 1. The van der Waals surface area contributed by atoms with E-state index in [0.717, 1.165) is 22.0 Å². The number of hydrogen-bond acceptors (Lipinski definition) is 3. The van der Waals surface area contributed by atoms with E-state index in [9.17, 15) is 18.0 Å². The molecule has 0 saturated carbocycles. The average Bonchev–Trinajstić information content (AvgIpc) is 2.97. The van der Waals surface area contributed by atoms with E-state index in [1.165, 1.54) is 18.3 Å². The first kappa shape index (κ1) is 17.2. The summed E-state index contributed by atoms with van der Waals surface area (Å²) in [5.74, 6) is -0.479. The number of benzene rings is 2. The maximum Gasteiger partial charge on any atom is 0.416 e. The summed E-state index contributed by atoms with van der Waals surface area (Å²) in [6.45, 7) is 0. The summed E-state index contributed by atoms with van der Waals surface area (Å²) in [7, 11) is 0. The predicted molar refractivity (Wildman–Crippen MR) is 90.4 cm³/mol. The summed E-state index contributed by atoms with van der Waals surface area (Å²) < 4.78 is 43.7. The fourth-order valence-electron chi connectivity index (χ4n) is 2.10. The molecule has 0 bridgehead atoms. The van der Waals surface area contributed by atoms with Gasteiger partial charge in [-0.05, 0) is 42.0 Å². The Morgan fingerprint density at radius 3 is 2.52 bits per heavy atom. The minimum atomic E-state index is -4.39. The van der Waals surface area contributed by atoms with Gasteiger partial charge in [-0.1, -0.05) is 28.1 Å². The molecule has 0 aliphatic heterocycles. The van der Waals surface area contributed by atoms with Crippen LogP contribution in [0.3, 0.4) is 0 Å². The minimum absolute atomic E-state index is 0.0812. The van der Waals surface area contributed by atoms with Crippen molar-refractivity contribution in [3.05, 3.63) is 69.9 Å². The second kappa shape index (κ2) is 6.72. The first-order valence-electron chi connectivity index (χ1n) is 7.03. The molecule has 3 aromatic rings. The molecule has 4 nitrogen and oxygen atoms in total. The van der Waals surface area contributed by atoms with Crippen LogP contribution in [0.5, 0.6) is 0 Å². The van der Waals surface area contributed by atoms with E-state index in [1.807, 2.05) is 0 Å². The van der Waals surface area contributed by atoms with Crippen LogP contribution in [-0.2, 0) is 6.18 Å². The molecule has 0 saturated heterocycles. The smallest absolute Gasteiger partial charge is 0.416 e. The van der Waals surface area contributed by atoms with Gasteiger partial charge in [0.2, 0.25) is 0 Å². The van der Waals surface area contributed by atoms with E-state index >= 15 is 0 Å². The minimum Gasteiger partial charge on any atom is -0.451 e. The number of nitrogens with zero attached hydrogens (tertiary/aromatic N) is 1. The van der Waals surface area contributed by atoms with Gasteiger partial charge in [0, 0.05) is 9.86 Å². The lowest BCUT2D eigenvalue weighted by atomic mass is 10.1. The summed E-state index contributed by atoms with van der Waals surface area (Å²) in [6, 6.07) is 11.3. The van der Waals surface area contributed by atoms with Gasteiger partial charge in [0.15, 0.2) is 5.76 Å². The van der Waals surface area contributed by atoms with Crippen LogP contribution in [-0.4, -0.2) is 12.1 Å². The molecule has 0 aliphatic rings. The van der Waals surface area contributed by atoms with Gasteiger partial charge < -0.3 is 4.42 Å². The number of hydrogen-bond donors (Lipinski definition) is 1. The molecule has 25 heavy (non-hydrogen) atoms. The van der Waals surface area contributed by atoms with Crippen LogP contribution >= 0.6 is 15.9 Å². The molecule has 2 aromatic carbocycles. The van der Waals surface area contributed by atoms with Crippen molar-refractivity contribution in [2.45, 2.75) is 6.18 Å². The summed E-state index contributed by atoms with van der Waals surface area (Å²) in [4.78, 5) is 12.0. The number of amides is 1. The quantitative estimate of drug-likeness (QED) is 0.489. The maximum atomic E-state index is 12.5. The van der Waals surface area contributed by atoms with E-state index in [-0.39, 0.29) is 5.76 Å². The van der Waals surface area contributed by atoms with Crippen LogP contribution in [0.15, 0.2) is 62.5 Å². The van der Waals surface area contributed by atoms with Gasteiger partial charge in [-0.2, -0.15) is 18.3 Å². The average molecular weight is 411 g/mol. The number of nitrogens with one attached hydrogen (secondary N) is 1. The van der Waals surface area contributed by atoms with Crippen LogP contribution in [0.2, 0.25) is 0 Å². The molecular weight excluding hydrogens is 401 g/mol. The molecule has 1 aromatic heterocycles. The maximum absolute atomic E-state index is 12.5. The van der Waals surface area contributed by atoms with Gasteiger partial charge in [0.1, 0.15) is 5.58 Å². The highest BCUT2D eigenvalue weighted by atomic mass is 79.9. The van der Waals surface area contributed by atoms with Crippen LogP contribution in [0.4, 0.5) is 13.2 Å². The van der Waals surface area contributed by atoms with Crippen LogP contribution in [0.1, 0.15) is 21.7 Å². The van der Waals surface area contributed by atoms with E-state index in [1.54, 1.807) is 24.3 Å². The van der Waals surface area contributed by atoms with Gasteiger partial charge >= 0.3 is 12.1 Å². The zero-order valence-corrected chi connectivity index (χ0v) is 14.1. The summed E-state index contributed by atoms with van der Waals surface area (Å²) in [6.07, 6.45) is -3.14. The lowest BCUT2D eigenvalue weighted by Crippen LogP contribution is -2.16. The standard InChI is InChI=1S/C17H10BrF3N2O2/c18-13-5-6-14-11(7-13)8-15(25-14)16(24)23-22-9-10-1-3-12(4-2-10)17(19,20)21/h1-9H,(H,23,24)/b22-9+. The van der Waals surface area contributed by atoms with Crippen molar-refractivity contribution < 1.29 is 22.4 Å². The van der Waals surface area contributed by atoms with Crippen molar-refractivity contribution in [3.8, 4) is 0 Å². The van der Waals surface area contributed by atoms with Crippen molar-refractivity contribution in [2.24, 2.45) is 5.10 Å². The van der Waals surface area contributed by atoms with Crippen LogP contribution in [0.25, 0.3) is 11.0 Å². The van der Waals surface area contributed by atoms with Gasteiger partial charge in [-0.25, -0.2) is 5.43 Å². The molecular formula is C17H10BrF3N2O2. The Morgan fingerprint density at radius 2 is 1.84 bits per heavy atom. The largest absolute Gasteiger partial charge is 0.451 e. The Labute approximate surface area is 148 Å². The molecule has 0 atom stereocenters. The first-order chi connectivity index (χ1) is 11.8. The Kier molecular flexibility index (Phi) is 4.63. The third-order valence-corrected chi connectivity index (χ3v) is 3.81. The number of rotatable bonds is 3. The number of halogens is 4. The highest BCUT2D eigenvalue weighted by Crippen LogP contribution is 2.28. The number of furan rings is 1. The Bertz CT molecular complexity index is 947. The fourth-order valence-corrected chi connectivity index (χ4v) is 2.48.